The van der Waals surface area contributed by atoms with E-state index in [0.29, 0.717) is 16.9 Å². The van der Waals surface area contributed by atoms with Crippen LogP contribution in [0.4, 0.5) is 10.5 Å². The molecule has 0 unspecified atom stereocenters. The van der Waals surface area contributed by atoms with Crippen LogP contribution in [0.25, 0.3) is 0 Å². The Morgan fingerprint density at radius 3 is 2.31 bits per heavy atom. The number of sulfonamides is 1. The van der Waals surface area contributed by atoms with Gasteiger partial charge in [-0.15, -0.1) is 0 Å². The molecule has 3 amide bonds. The van der Waals surface area contributed by atoms with Crippen LogP contribution in [0.5, 0.6) is 0 Å². The third-order valence-electron chi connectivity index (χ3n) is 4.86. The Morgan fingerprint density at radius 1 is 0.971 bits per heavy atom. The minimum absolute atomic E-state index is 0.00604. The van der Waals surface area contributed by atoms with Crippen LogP contribution in [0.3, 0.4) is 0 Å². The Kier molecular flexibility index (Phi) is 7.92. The molecule has 2 aromatic carbocycles. The van der Waals surface area contributed by atoms with Crippen molar-refractivity contribution in [3.05, 3.63) is 82.8 Å². The van der Waals surface area contributed by atoms with E-state index < -0.39 is 34.5 Å². The first-order valence-corrected chi connectivity index (χ1v) is 12.0. The van der Waals surface area contributed by atoms with Crippen molar-refractivity contribution in [2.45, 2.75) is 32.2 Å². The number of amides is 3. The Hall–Kier alpha value is -4.12. The van der Waals surface area contributed by atoms with Crippen molar-refractivity contribution in [1.82, 2.24) is 10.6 Å². The number of hydrogen-bond donors (Lipinski definition) is 3. The molecule has 35 heavy (non-hydrogen) atoms. The summed E-state index contributed by atoms with van der Waals surface area (Å²) < 4.78 is 38.6. The zero-order valence-corrected chi connectivity index (χ0v) is 20.2. The predicted molar refractivity (Wildman–Crippen MR) is 127 cm³/mol. The molecule has 0 radical (unpaired) electrons. The monoisotopic (exact) mass is 499 g/mol. The van der Waals surface area contributed by atoms with E-state index in [1.165, 1.54) is 24.5 Å². The second kappa shape index (κ2) is 10.9. The summed E-state index contributed by atoms with van der Waals surface area (Å²) in [4.78, 5) is 36.5. The zero-order chi connectivity index (χ0) is 25.6. The highest BCUT2D eigenvalue weighted by molar-refractivity contribution is 7.92. The van der Waals surface area contributed by atoms with Crippen LogP contribution >= 0.6 is 0 Å². The Bertz CT molecular complexity index is 1330. The molecule has 0 spiro atoms. The van der Waals surface area contributed by atoms with Crippen molar-refractivity contribution >= 4 is 33.6 Å². The fourth-order valence-corrected chi connectivity index (χ4v) is 5.07. The molecule has 3 rings (SSSR count). The fourth-order valence-electron chi connectivity index (χ4n) is 3.53. The number of urea groups is 1. The third-order valence-corrected chi connectivity index (χ3v) is 6.53. The number of anilines is 1. The Balaban J connectivity index is 1.63. The second-order valence-corrected chi connectivity index (χ2v) is 9.38. The molecule has 3 aromatic rings. The van der Waals surface area contributed by atoms with E-state index in [-0.39, 0.29) is 22.7 Å². The van der Waals surface area contributed by atoms with Gasteiger partial charge in [0.15, 0.2) is 6.61 Å². The van der Waals surface area contributed by atoms with Gasteiger partial charge in [0.05, 0.1) is 29.0 Å². The van der Waals surface area contributed by atoms with Crippen molar-refractivity contribution in [3.8, 4) is 0 Å². The summed E-state index contributed by atoms with van der Waals surface area (Å²) in [7, 11) is -4.02. The van der Waals surface area contributed by atoms with Gasteiger partial charge in [0.1, 0.15) is 5.76 Å². The normalized spacial score (nSPS) is 10.9. The molecule has 0 saturated heterocycles. The molecule has 0 aliphatic rings. The summed E-state index contributed by atoms with van der Waals surface area (Å²) in [6.07, 6.45) is 1.45. The van der Waals surface area contributed by atoms with E-state index in [9.17, 15) is 22.8 Å². The first-order chi connectivity index (χ1) is 16.6. The molecule has 0 fully saturated rings. The van der Waals surface area contributed by atoms with Gasteiger partial charge in [0.2, 0.25) is 0 Å². The standard InChI is InChI=1S/C24H25N3O7S/c1-15-11-16(2)22(17(3)12-15)35(31,32)27-20-9-5-4-8-19(20)23(29)34-14-21(28)26-24(30)25-13-18-7-6-10-33-18/h4-12,27H,13-14H2,1-3H3,(H2,25,26,28,30). The lowest BCUT2D eigenvalue weighted by Gasteiger charge is -2.16. The van der Waals surface area contributed by atoms with Crippen molar-refractivity contribution in [3.63, 3.8) is 0 Å². The molecule has 0 aliphatic carbocycles. The van der Waals surface area contributed by atoms with E-state index in [1.54, 1.807) is 44.2 Å². The maximum Gasteiger partial charge on any atom is 0.340 e. The van der Waals surface area contributed by atoms with Gasteiger partial charge >= 0.3 is 12.0 Å². The highest BCUT2D eigenvalue weighted by Crippen LogP contribution is 2.26. The van der Waals surface area contributed by atoms with Crippen LogP contribution in [0, 0.1) is 20.8 Å². The molecule has 0 aliphatic heterocycles. The largest absolute Gasteiger partial charge is 0.467 e. The van der Waals surface area contributed by atoms with Crippen LogP contribution in [0.1, 0.15) is 32.8 Å². The number of rotatable bonds is 8. The summed E-state index contributed by atoms with van der Waals surface area (Å²) in [5.74, 6) is -1.31. The zero-order valence-electron chi connectivity index (χ0n) is 19.4. The van der Waals surface area contributed by atoms with Crippen LogP contribution in [0.15, 0.2) is 64.1 Å². The Labute approximate surface area is 202 Å². The van der Waals surface area contributed by atoms with Crippen molar-refractivity contribution in [1.29, 1.82) is 0 Å². The second-order valence-electron chi connectivity index (χ2n) is 7.77. The quantitative estimate of drug-likeness (QED) is 0.404. The highest BCUT2D eigenvalue weighted by atomic mass is 32.2. The predicted octanol–water partition coefficient (Wildman–Crippen LogP) is 3.19. The van der Waals surface area contributed by atoms with Crippen LogP contribution in [-0.4, -0.2) is 32.9 Å². The summed E-state index contributed by atoms with van der Waals surface area (Å²) in [6, 6.07) is 11.9. The summed E-state index contributed by atoms with van der Waals surface area (Å²) >= 11 is 0. The number of para-hydroxylation sites is 1. The van der Waals surface area contributed by atoms with Gasteiger partial charge in [-0.25, -0.2) is 18.0 Å². The molecule has 0 atom stereocenters. The number of ether oxygens (including phenoxy) is 1. The molecular formula is C24H25N3O7S. The lowest BCUT2D eigenvalue weighted by molar-refractivity contribution is -0.123. The van der Waals surface area contributed by atoms with Crippen LogP contribution in [-0.2, 0) is 26.1 Å². The molecule has 3 N–H and O–H groups in total. The SMILES string of the molecule is Cc1cc(C)c(S(=O)(=O)Nc2ccccc2C(=O)OCC(=O)NC(=O)NCc2ccco2)c(C)c1. The fraction of sp³-hybridized carbons (Fsp3) is 0.208. The first kappa shape index (κ1) is 25.5. The number of furan rings is 1. The number of carbonyl (C=O) groups excluding carboxylic acids is 3. The van der Waals surface area contributed by atoms with Gasteiger partial charge in [-0.1, -0.05) is 29.8 Å². The summed E-state index contributed by atoms with van der Waals surface area (Å²) in [5, 5.41) is 4.44. The van der Waals surface area contributed by atoms with Gasteiger partial charge in [0.25, 0.3) is 15.9 Å². The highest BCUT2D eigenvalue weighted by Gasteiger charge is 2.23. The number of carbonyl (C=O) groups is 3. The molecule has 0 bridgehead atoms. The molecule has 1 heterocycles. The van der Waals surface area contributed by atoms with Crippen LogP contribution in [0.2, 0.25) is 0 Å². The molecule has 0 saturated carbocycles. The smallest absolute Gasteiger partial charge is 0.340 e. The lowest BCUT2D eigenvalue weighted by Crippen LogP contribution is -2.41. The maximum absolute atomic E-state index is 13.1. The first-order valence-electron chi connectivity index (χ1n) is 10.5. The topological polar surface area (TPSA) is 144 Å². The molecule has 11 heteroatoms. The van der Waals surface area contributed by atoms with E-state index in [0.717, 1.165) is 5.56 Å². The third kappa shape index (κ3) is 6.70. The van der Waals surface area contributed by atoms with Crippen molar-refractivity contribution < 1.29 is 32.0 Å². The molecule has 184 valence electrons. The minimum Gasteiger partial charge on any atom is -0.467 e. The van der Waals surface area contributed by atoms with Gasteiger partial charge in [-0.05, 0) is 56.2 Å². The molecule has 1 aromatic heterocycles. The average molecular weight is 500 g/mol. The van der Waals surface area contributed by atoms with E-state index in [2.05, 4.69) is 10.0 Å². The van der Waals surface area contributed by atoms with E-state index in [1.807, 2.05) is 12.2 Å². The molecule has 10 nitrogen and oxygen atoms in total. The maximum atomic E-state index is 13.1. The lowest BCUT2D eigenvalue weighted by atomic mass is 10.1. The number of esters is 1. The van der Waals surface area contributed by atoms with Crippen LogP contribution < -0.4 is 15.4 Å². The summed E-state index contributed by atoms with van der Waals surface area (Å²) in [6.45, 7) is 4.58. The van der Waals surface area contributed by atoms with E-state index in [4.69, 9.17) is 9.15 Å². The average Bonchev–Trinajstić information content (AvgIpc) is 3.29. The number of nitrogens with one attached hydrogen (secondary N) is 3. The van der Waals surface area contributed by atoms with Gasteiger partial charge in [-0.2, -0.15) is 0 Å². The number of benzene rings is 2. The van der Waals surface area contributed by atoms with Crippen molar-refractivity contribution in [2.75, 3.05) is 11.3 Å². The minimum atomic E-state index is -4.02. The van der Waals surface area contributed by atoms with Gasteiger partial charge < -0.3 is 14.5 Å². The van der Waals surface area contributed by atoms with Crippen molar-refractivity contribution in [2.24, 2.45) is 0 Å². The number of aryl methyl sites for hydroxylation is 3. The number of imide groups is 1. The Morgan fingerprint density at radius 2 is 1.66 bits per heavy atom. The number of hydrogen-bond acceptors (Lipinski definition) is 7. The van der Waals surface area contributed by atoms with E-state index >= 15 is 0 Å². The van der Waals surface area contributed by atoms with Gasteiger partial charge in [-0.3, -0.25) is 14.8 Å². The summed E-state index contributed by atoms with van der Waals surface area (Å²) in [5.41, 5.74) is 1.96. The molecular weight excluding hydrogens is 474 g/mol. The van der Waals surface area contributed by atoms with Gasteiger partial charge in [0, 0.05) is 0 Å².